The second kappa shape index (κ2) is 5.79. The van der Waals surface area contributed by atoms with E-state index < -0.39 is 0 Å². The van der Waals surface area contributed by atoms with Crippen molar-refractivity contribution in [3.63, 3.8) is 0 Å². The topological polar surface area (TPSA) is 49.9 Å². The zero-order valence-corrected chi connectivity index (χ0v) is 11.8. The molecule has 2 heterocycles. The molecule has 106 valence electrons. The van der Waals surface area contributed by atoms with E-state index in [1.165, 1.54) is 5.56 Å². The van der Waals surface area contributed by atoms with Gasteiger partial charge in [0, 0.05) is 23.5 Å². The average Bonchev–Trinajstić information content (AvgIpc) is 2.87. The molecule has 3 aromatic rings. The zero-order chi connectivity index (χ0) is 14.7. The van der Waals surface area contributed by atoms with Crippen molar-refractivity contribution in [1.29, 1.82) is 0 Å². The number of oxime groups is 1. The summed E-state index contributed by atoms with van der Waals surface area (Å²) < 4.78 is 1.90. The third-order valence-corrected chi connectivity index (χ3v) is 3.54. The SMILES string of the molecule is CC(C=NO)Cc1c(-c2ccccc2)nn2ccccc12. The standard InChI is InChI=1S/C17H17N3O/c1-13(12-18-21)11-15-16-9-5-6-10-20(16)19-17(15)14-7-3-2-4-8-14/h2-10,12-13,21H,11H2,1H3. The Balaban J connectivity index is 2.14. The van der Waals surface area contributed by atoms with Gasteiger partial charge in [-0.15, -0.1) is 5.16 Å². The van der Waals surface area contributed by atoms with Gasteiger partial charge in [0.15, 0.2) is 0 Å². The van der Waals surface area contributed by atoms with Crippen LogP contribution in [0.4, 0.5) is 0 Å². The van der Waals surface area contributed by atoms with Crippen molar-refractivity contribution < 1.29 is 5.21 Å². The van der Waals surface area contributed by atoms with E-state index in [-0.39, 0.29) is 5.92 Å². The molecule has 4 heteroatoms. The highest BCUT2D eigenvalue weighted by Gasteiger charge is 2.15. The number of rotatable bonds is 4. The summed E-state index contributed by atoms with van der Waals surface area (Å²) in [4.78, 5) is 0. The molecular weight excluding hydrogens is 262 g/mol. The predicted molar refractivity (Wildman–Crippen MR) is 83.8 cm³/mol. The molecule has 0 saturated carbocycles. The van der Waals surface area contributed by atoms with E-state index in [1.54, 1.807) is 6.21 Å². The van der Waals surface area contributed by atoms with Crippen molar-refractivity contribution in [1.82, 2.24) is 9.61 Å². The van der Waals surface area contributed by atoms with Crippen LogP contribution in [0.15, 0.2) is 59.9 Å². The maximum absolute atomic E-state index is 8.71. The Labute approximate surface area is 123 Å². The number of benzene rings is 1. The molecular formula is C17H17N3O. The molecule has 0 amide bonds. The van der Waals surface area contributed by atoms with Gasteiger partial charge >= 0.3 is 0 Å². The van der Waals surface area contributed by atoms with Gasteiger partial charge in [0.25, 0.3) is 0 Å². The Hall–Kier alpha value is -2.62. The van der Waals surface area contributed by atoms with E-state index in [9.17, 15) is 0 Å². The van der Waals surface area contributed by atoms with Crippen LogP contribution in [0, 0.1) is 5.92 Å². The summed E-state index contributed by atoms with van der Waals surface area (Å²) in [7, 11) is 0. The average molecular weight is 279 g/mol. The summed E-state index contributed by atoms with van der Waals surface area (Å²) in [5.74, 6) is 0.144. The van der Waals surface area contributed by atoms with Crippen LogP contribution in [0.2, 0.25) is 0 Å². The van der Waals surface area contributed by atoms with Gasteiger partial charge < -0.3 is 5.21 Å². The number of pyridine rings is 1. The summed E-state index contributed by atoms with van der Waals surface area (Å²) in [5.41, 5.74) is 4.35. The van der Waals surface area contributed by atoms with Crippen molar-refractivity contribution >= 4 is 11.7 Å². The largest absolute Gasteiger partial charge is 0.411 e. The molecule has 2 aromatic heterocycles. The molecule has 1 unspecified atom stereocenters. The molecule has 21 heavy (non-hydrogen) atoms. The van der Waals surface area contributed by atoms with Gasteiger partial charge in [-0.05, 0) is 24.5 Å². The van der Waals surface area contributed by atoms with Crippen molar-refractivity contribution in [2.75, 3.05) is 0 Å². The van der Waals surface area contributed by atoms with Crippen LogP contribution >= 0.6 is 0 Å². The van der Waals surface area contributed by atoms with Gasteiger partial charge in [-0.25, -0.2) is 4.52 Å². The molecule has 1 atom stereocenters. The summed E-state index contributed by atoms with van der Waals surface area (Å²) >= 11 is 0. The minimum absolute atomic E-state index is 0.144. The molecule has 0 fully saturated rings. The summed E-state index contributed by atoms with van der Waals surface area (Å²) in [6, 6.07) is 16.2. The molecule has 1 aromatic carbocycles. The number of hydrogen-bond donors (Lipinski definition) is 1. The third kappa shape index (κ3) is 2.65. The van der Waals surface area contributed by atoms with E-state index in [0.29, 0.717) is 0 Å². The van der Waals surface area contributed by atoms with Crippen LogP contribution in [0.25, 0.3) is 16.8 Å². The second-order valence-corrected chi connectivity index (χ2v) is 5.17. The maximum Gasteiger partial charge on any atom is 0.0965 e. The highest BCUT2D eigenvalue weighted by atomic mass is 16.4. The summed E-state index contributed by atoms with van der Waals surface area (Å²) in [6.07, 6.45) is 4.29. The first-order chi connectivity index (χ1) is 10.3. The minimum Gasteiger partial charge on any atom is -0.411 e. The minimum atomic E-state index is 0.144. The Bertz CT molecular complexity index is 762. The molecule has 0 aliphatic rings. The predicted octanol–water partition coefficient (Wildman–Crippen LogP) is 3.64. The second-order valence-electron chi connectivity index (χ2n) is 5.17. The molecule has 4 nitrogen and oxygen atoms in total. The molecule has 1 N–H and O–H groups in total. The van der Waals surface area contributed by atoms with E-state index in [2.05, 4.69) is 23.4 Å². The first-order valence-corrected chi connectivity index (χ1v) is 6.99. The van der Waals surface area contributed by atoms with Crippen molar-refractivity contribution in [3.8, 4) is 11.3 Å². The number of fused-ring (bicyclic) bond motifs is 1. The molecule has 0 bridgehead atoms. The lowest BCUT2D eigenvalue weighted by Gasteiger charge is -2.06. The Morgan fingerprint density at radius 2 is 1.95 bits per heavy atom. The van der Waals surface area contributed by atoms with E-state index in [4.69, 9.17) is 10.3 Å². The number of aromatic nitrogens is 2. The normalized spacial score (nSPS) is 13.0. The first-order valence-electron chi connectivity index (χ1n) is 6.99. The first kappa shape index (κ1) is 13.4. The lowest BCUT2D eigenvalue weighted by molar-refractivity contribution is 0.318. The third-order valence-electron chi connectivity index (χ3n) is 3.54. The lowest BCUT2D eigenvalue weighted by atomic mass is 9.98. The van der Waals surface area contributed by atoms with Crippen molar-refractivity contribution in [2.24, 2.45) is 11.1 Å². The summed E-state index contributed by atoms with van der Waals surface area (Å²) in [6.45, 7) is 2.03. The Morgan fingerprint density at radius 3 is 2.71 bits per heavy atom. The van der Waals surface area contributed by atoms with Crippen LogP contribution < -0.4 is 0 Å². The van der Waals surface area contributed by atoms with E-state index >= 15 is 0 Å². The van der Waals surface area contributed by atoms with Crippen molar-refractivity contribution in [3.05, 3.63) is 60.3 Å². The quantitative estimate of drug-likeness (QED) is 0.450. The molecule has 0 spiro atoms. The van der Waals surface area contributed by atoms with Gasteiger partial charge in [-0.1, -0.05) is 43.3 Å². The molecule has 0 radical (unpaired) electrons. The van der Waals surface area contributed by atoms with Crippen LogP contribution in [0.3, 0.4) is 0 Å². The maximum atomic E-state index is 8.71. The fourth-order valence-corrected chi connectivity index (χ4v) is 2.57. The van der Waals surface area contributed by atoms with Crippen LogP contribution in [-0.2, 0) is 6.42 Å². The fraction of sp³-hybridized carbons (Fsp3) is 0.176. The highest BCUT2D eigenvalue weighted by Crippen LogP contribution is 2.27. The van der Waals surface area contributed by atoms with Crippen molar-refractivity contribution in [2.45, 2.75) is 13.3 Å². The highest BCUT2D eigenvalue weighted by molar-refractivity contribution is 5.74. The Kier molecular flexibility index (Phi) is 3.69. The Morgan fingerprint density at radius 1 is 1.19 bits per heavy atom. The summed E-state index contributed by atoms with van der Waals surface area (Å²) in [5, 5.41) is 16.6. The number of nitrogens with zero attached hydrogens (tertiary/aromatic N) is 3. The van der Waals surface area contributed by atoms with Crippen LogP contribution in [0.1, 0.15) is 12.5 Å². The van der Waals surface area contributed by atoms with Gasteiger partial charge in [-0.3, -0.25) is 0 Å². The van der Waals surface area contributed by atoms with Gasteiger partial charge in [0.2, 0.25) is 0 Å². The molecule has 3 rings (SSSR count). The van der Waals surface area contributed by atoms with Gasteiger partial charge in [-0.2, -0.15) is 5.10 Å². The lowest BCUT2D eigenvalue weighted by Crippen LogP contribution is -2.02. The van der Waals surface area contributed by atoms with E-state index in [1.807, 2.05) is 48.0 Å². The fourth-order valence-electron chi connectivity index (χ4n) is 2.57. The molecule has 0 saturated heterocycles. The molecule has 0 aliphatic carbocycles. The zero-order valence-electron chi connectivity index (χ0n) is 11.8. The van der Waals surface area contributed by atoms with Crippen LogP contribution in [-0.4, -0.2) is 21.0 Å². The van der Waals surface area contributed by atoms with Gasteiger partial charge in [0.05, 0.1) is 11.2 Å². The van der Waals surface area contributed by atoms with E-state index in [0.717, 1.165) is 23.2 Å². The smallest absolute Gasteiger partial charge is 0.0965 e. The monoisotopic (exact) mass is 279 g/mol. The van der Waals surface area contributed by atoms with Gasteiger partial charge in [0.1, 0.15) is 0 Å². The molecule has 0 aliphatic heterocycles. The number of hydrogen-bond acceptors (Lipinski definition) is 3. The van der Waals surface area contributed by atoms with Crippen LogP contribution in [0.5, 0.6) is 0 Å².